The van der Waals surface area contributed by atoms with Gasteiger partial charge in [0.25, 0.3) is 0 Å². The number of halogens is 1. The zero-order chi connectivity index (χ0) is 14.5. The molecule has 0 N–H and O–H groups in total. The van der Waals surface area contributed by atoms with E-state index in [1.165, 1.54) is 31.4 Å². The van der Waals surface area contributed by atoms with E-state index in [1.54, 1.807) is 0 Å². The standard InChI is InChI=1S/C15H18FNO3/c1-20-14(18)10-17-8-2-3-12(9-17)15(19)11-4-6-13(16)7-5-11/h4-7,12H,2-3,8-10H2,1H3/t12-/m1/s1. The second-order valence-electron chi connectivity index (χ2n) is 5.02. The topological polar surface area (TPSA) is 46.6 Å². The van der Waals surface area contributed by atoms with Gasteiger partial charge in [-0.1, -0.05) is 0 Å². The summed E-state index contributed by atoms with van der Waals surface area (Å²) in [6.07, 6.45) is 1.67. The molecule has 0 bridgehead atoms. The number of ketones is 1. The summed E-state index contributed by atoms with van der Waals surface area (Å²) in [5, 5.41) is 0. The molecular weight excluding hydrogens is 261 g/mol. The molecule has 5 heteroatoms. The normalized spacial score (nSPS) is 19.6. The molecule has 1 aromatic rings. The fourth-order valence-electron chi connectivity index (χ4n) is 2.51. The molecule has 4 nitrogen and oxygen atoms in total. The second-order valence-corrected chi connectivity index (χ2v) is 5.02. The largest absolute Gasteiger partial charge is 0.468 e. The Kier molecular flexibility index (Phi) is 4.84. The molecule has 0 aliphatic carbocycles. The number of carbonyl (C=O) groups excluding carboxylic acids is 2. The van der Waals surface area contributed by atoms with Crippen molar-refractivity contribution in [3.8, 4) is 0 Å². The molecule has 1 aliphatic rings. The van der Waals surface area contributed by atoms with Gasteiger partial charge in [-0.15, -0.1) is 0 Å². The number of hydrogen-bond acceptors (Lipinski definition) is 4. The molecule has 108 valence electrons. The van der Waals surface area contributed by atoms with Crippen LogP contribution < -0.4 is 0 Å². The molecule has 1 heterocycles. The predicted octanol–water partition coefficient (Wildman–Crippen LogP) is 1.89. The summed E-state index contributed by atoms with van der Waals surface area (Å²) < 4.78 is 17.5. The summed E-state index contributed by atoms with van der Waals surface area (Å²) in [5.74, 6) is -0.768. The number of methoxy groups -OCH3 is 1. The van der Waals surface area contributed by atoms with E-state index < -0.39 is 0 Å². The van der Waals surface area contributed by atoms with E-state index in [0.29, 0.717) is 12.1 Å². The Labute approximate surface area is 117 Å². The minimum Gasteiger partial charge on any atom is -0.468 e. The highest BCUT2D eigenvalue weighted by Gasteiger charge is 2.27. The summed E-state index contributed by atoms with van der Waals surface area (Å²) in [6.45, 7) is 1.55. The van der Waals surface area contributed by atoms with Crippen LogP contribution in [-0.2, 0) is 9.53 Å². The van der Waals surface area contributed by atoms with E-state index in [2.05, 4.69) is 4.74 Å². The van der Waals surface area contributed by atoms with Crippen molar-refractivity contribution in [1.29, 1.82) is 0 Å². The first-order valence-electron chi connectivity index (χ1n) is 6.69. The number of hydrogen-bond donors (Lipinski definition) is 0. The van der Waals surface area contributed by atoms with Gasteiger partial charge in [0.1, 0.15) is 5.82 Å². The van der Waals surface area contributed by atoms with Gasteiger partial charge in [-0.05, 0) is 43.7 Å². The van der Waals surface area contributed by atoms with E-state index >= 15 is 0 Å². The maximum absolute atomic E-state index is 12.9. The number of benzene rings is 1. The Balaban J connectivity index is 1.99. The Morgan fingerprint density at radius 1 is 1.35 bits per heavy atom. The van der Waals surface area contributed by atoms with E-state index in [9.17, 15) is 14.0 Å². The second kappa shape index (κ2) is 6.61. The fourth-order valence-corrected chi connectivity index (χ4v) is 2.51. The van der Waals surface area contributed by atoms with Crippen LogP contribution in [0.1, 0.15) is 23.2 Å². The number of rotatable bonds is 4. The highest BCUT2D eigenvalue weighted by Crippen LogP contribution is 2.21. The zero-order valence-corrected chi connectivity index (χ0v) is 11.5. The predicted molar refractivity (Wildman–Crippen MR) is 71.9 cm³/mol. The lowest BCUT2D eigenvalue weighted by Gasteiger charge is -2.31. The van der Waals surface area contributed by atoms with Gasteiger partial charge in [-0.3, -0.25) is 14.5 Å². The van der Waals surface area contributed by atoms with Gasteiger partial charge in [-0.2, -0.15) is 0 Å². The molecule has 1 aromatic carbocycles. The highest BCUT2D eigenvalue weighted by atomic mass is 19.1. The summed E-state index contributed by atoms with van der Waals surface area (Å²) in [5.41, 5.74) is 0.524. The fraction of sp³-hybridized carbons (Fsp3) is 0.467. The lowest BCUT2D eigenvalue weighted by atomic mass is 9.90. The molecule has 1 atom stereocenters. The molecule has 1 saturated heterocycles. The maximum atomic E-state index is 12.9. The quantitative estimate of drug-likeness (QED) is 0.624. The van der Waals surface area contributed by atoms with Gasteiger partial charge in [-0.25, -0.2) is 4.39 Å². The Morgan fingerprint density at radius 2 is 2.05 bits per heavy atom. The van der Waals surface area contributed by atoms with Gasteiger partial charge < -0.3 is 4.74 Å². The number of carbonyl (C=O) groups is 2. The molecule has 0 spiro atoms. The van der Waals surface area contributed by atoms with Crippen molar-refractivity contribution < 1.29 is 18.7 Å². The Hall–Kier alpha value is -1.75. The summed E-state index contributed by atoms with van der Waals surface area (Å²) in [6, 6.07) is 5.61. The van der Waals surface area contributed by atoms with Gasteiger partial charge >= 0.3 is 5.97 Å². The first-order chi connectivity index (χ1) is 9.60. The molecule has 2 rings (SSSR count). The number of esters is 1. The number of ether oxygens (including phenoxy) is 1. The zero-order valence-electron chi connectivity index (χ0n) is 11.5. The van der Waals surface area contributed by atoms with Crippen LogP contribution in [0.4, 0.5) is 4.39 Å². The van der Waals surface area contributed by atoms with Gasteiger partial charge in [0.2, 0.25) is 0 Å². The monoisotopic (exact) mass is 279 g/mol. The molecule has 0 unspecified atom stereocenters. The molecule has 0 amide bonds. The minimum absolute atomic E-state index is 0.0135. The third kappa shape index (κ3) is 3.63. The smallest absolute Gasteiger partial charge is 0.319 e. The van der Waals surface area contributed by atoms with Crippen molar-refractivity contribution in [3.05, 3.63) is 35.6 Å². The van der Waals surface area contributed by atoms with Crippen LogP contribution in [0.3, 0.4) is 0 Å². The van der Waals surface area contributed by atoms with Gasteiger partial charge in [0.15, 0.2) is 5.78 Å². The number of Topliss-reactive ketones (excluding diaryl/α,β-unsaturated/α-hetero) is 1. The van der Waals surface area contributed by atoms with E-state index in [-0.39, 0.29) is 30.0 Å². The van der Waals surface area contributed by atoms with Crippen LogP contribution in [0.25, 0.3) is 0 Å². The third-order valence-electron chi connectivity index (χ3n) is 3.59. The van der Waals surface area contributed by atoms with Crippen LogP contribution in [0, 0.1) is 11.7 Å². The molecule has 0 aromatic heterocycles. The molecule has 1 aliphatic heterocycles. The van der Waals surface area contributed by atoms with Crippen LogP contribution in [0.15, 0.2) is 24.3 Å². The van der Waals surface area contributed by atoms with Crippen LogP contribution in [0.2, 0.25) is 0 Å². The van der Waals surface area contributed by atoms with Crippen molar-refractivity contribution >= 4 is 11.8 Å². The van der Waals surface area contributed by atoms with Crippen molar-refractivity contribution in [2.24, 2.45) is 5.92 Å². The van der Waals surface area contributed by atoms with E-state index in [1.807, 2.05) is 4.90 Å². The van der Waals surface area contributed by atoms with E-state index in [4.69, 9.17) is 0 Å². The summed E-state index contributed by atoms with van der Waals surface area (Å²) in [4.78, 5) is 25.6. The molecular formula is C15H18FNO3. The average Bonchev–Trinajstić information content (AvgIpc) is 2.47. The van der Waals surface area contributed by atoms with Gasteiger partial charge in [0, 0.05) is 18.0 Å². The minimum atomic E-state index is -0.350. The van der Waals surface area contributed by atoms with Gasteiger partial charge in [0.05, 0.1) is 13.7 Å². The number of piperidine rings is 1. The number of nitrogens with zero attached hydrogens (tertiary/aromatic N) is 1. The van der Waals surface area contributed by atoms with Crippen LogP contribution in [-0.4, -0.2) is 43.4 Å². The lowest BCUT2D eigenvalue weighted by Crippen LogP contribution is -2.41. The Morgan fingerprint density at radius 3 is 2.70 bits per heavy atom. The van der Waals surface area contributed by atoms with Crippen LogP contribution in [0.5, 0.6) is 0 Å². The SMILES string of the molecule is COC(=O)CN1CCC[C@@H](C(=O)c2ccc(F)cc2)C1. The number of likely N-dealkylation sites (tertiary alicyclic amines) is 1. The molecule has 0 saturated carbocycles. The molecule has 20 heavy (non-hydrogen) atoms. The van der Waals surface area contributed by atoms with Crippen molar-refractivity contribution in [3.63, 3.8) is 0 Å². The lowest BCUT2D eigenvalue weighted by molar-refractivity contribution is -0.142. The van der Waals surface area contributed by atoms with Crippen molar-refractivity contribution in [2.45, 2.75) is 12.8 Å². The summed E-state index contributed by atoms with van der Waals surface area (Å²) in [7, 11) is 1.35. The highest BCUT2D eigenvalue weighted by molar-refractivity contribution is 5.98. The van der Waals surface area contributed by atoms with Crippen LogP contribution >= 0.6 is 0 Å². The first-order valence-corrected chi connectivity index (χ1v) is 6.69. The Bertz CT molecular complexity index is 486. The molecule has 0 radical (unpaired) electrons. The third-order valence-corrected chi connectivity index (χ3v) is 3.59. The summed E-state index contributed by atoms with van der Waals surface area (Å²) >= 11 is 0. The van der Waals surface area contributed by atoms with Crippen molar-refractivity contribution in [1.82, 2.24) is 4.90 Å². The first kappa shape index (κ1) is 14.7. The maximum Gasteiger partial charge on any atom is 0.319 e. The average molecular weight is 279 g/mol. The molecule has 1 fully saturated rings. The van der Waals surface area contributed by atoms with Crippen molar-refractivity contribution in [2.75, 3.05) is 26.7 Å². The van der Waals surface area contributed by atoms with E-state index in [0.717, 1.165) is 19.4 Å².